The molecular weight excluding hydrogens is 757 g/mol. The monoisotopic (exact) mass is 818 g/mol. The van der Waals surface area contributed by atoms with Gasteiger partial charge >= 0.3 is 6.09 Å². The van der Waals surface area contributed by atoms with Crippen molar-refractivity contribution in [1.29, 1.82) is 0 Å². The topological polar surface area (TPSA) is 165 Å². The number of amides is 1. The van der Waals surface area contributed by atoms with Gasteiger partial charge in [0.25, 0.3) is 5.69 Å². The molecule has 0 radical (unpaired) electrons. The van der Waals surface area contributed by atoms with Gasteiger partial charge in [-0.05, 0) is 101 Å². The van der Waals surface area contributed by atoms with E-state index < -0.39 is 34.4 Å². The Balaban J connectivity index is 1.54. The highest BCUT2D eigenvalue weighted by molar-refractivity contribution is 6.03. The minimum absolute atomic E-state index is 0.0615. The van der Waals surface area contributed by atoms with E-state index in [9.17, 15) is 25.1 Å². The molecule has 0 unspecified atom stereocenters. The highest BCUT2D eigenvalue weighted by Crippen LogP contribution is 2.62. The average Bonchev–Trinajstić information content (AvgIpc) is 4.04. The summed E-state index contributed by atoms with van der Waals surface area (Å²) in [4.78, 5) is 35.6. The van der Waals surface area contributed by atoms with Crippen molar-refractivity contribution in [2.45, 2.75) is 102 Å². The van der Waals surface area contributed by atoms with Gasteiger partial charge < -0.3 is 34.0 Å². The first-order valence-corrected chi connectivity index (χ1v) is 21.3. The second-order valence-electron chi connectivity index (χ2n) is 17.0. The number of fused-ring (bicyclic) bond motifs is 2. The van der Waals surface area contributed by atoms with Crippen molar-refractivity contribution in [2.24, 2.45) is 22.9 Å². The number of oxime groups is 1. The Morgan fingerprint density at radius 2 is 1.80 bits per heavy atom. The third-order valence-corrected chi connectivity index (χ3v) is 11.6. The van der Waals surface area contributed by atoms with Gasteiger partial charge in [-0.15, -0.1) is 6.58 Å². The van der Waals surface area contributed by atoms with Gasteiger partial charge in [0, 0.05) is 69.4 Å². The zero-order valence-electron chi connectivity index (χ0n) is 35.1. The minimum Gasteiger partial charge on any atom is -0.492 e. The molecule has 1 amide bonds. The molecule has 2 aromatic rings. The smallest absolute Gasteiger partial charge is 0.415 e. The molecule has 0 spiro atoms. The molecule has 2 aliphatic heterocycles. The second-order valence-corrected chi connectivity index (χ2v) is 17.0. The lowest BCUT2D eigenvalue weighted by Gasteiger charge is -2.60. The Kier molecular flexibility index (Phi) is 14.7. The molecule has 4 aliphatic rings. The van der Waals surface area contributed by atoms with Crippen LogP contribution in [0.4, 0.5) is 10.5 Å². The van der Waals surface area contributed by atoms with Crippen molar-refractivity contribution in [3.63, 3.8) is 0 Å². The number of carbonyl (C=O) groups is 1. The van der Waals surface area contributed by atoms with Gasteiger partial charge in [0.2, 0.25) is 5.79 Å². The molecule has 1 saturated heterocycles. The van der Waals surface area contributed by atoms with E-state index >= 15 is 0 Å². The van der Waals surface area contributed by atoms with E-state index in [2.05, 4.69) is 23.6 Å². The number of nitro groups is 1. The predicted octanol–water partition coefficient (Wildman–Crippen LogP) is 7.63. The van der Waals surface area contributed by atoms with Crippen molar-refractivity contribution in [2.75, 3.05) is 52.6 Å². The molecule has 14 heteroatoms. The molecule has 59 heavy (non-hydrogen) atoms. The standard InChI is InChI=1S/C45H62N4O10/c1-6-20-48(43(52)57-33-16-14-32(15-17-33)49(53)54)40-30-38(46-59-44(3,4)5)36-28-31(12-8-10-24-50)35(13-9-11-25-51)41-37-29-34(55-27-23-47-21-22-47)18-19-39(37)58-45(40,42(36)41)56-26-7-2/h7,14-19,28-29,31,35,40-42,50-51H,2,6,8-13,20-27,30H2,1,3-5H3/t31-,35+,40-,41+,42+,45+/m0/s1. The van der Waals surface area contributed by atoms with Gasteiger partial charge in [0.1, 0.15) is 35.5 Å². The summed E-state index contributed by atoms with van der Waals surface area (Å²) in [5.74, 6) is -0.448. The van der Waals surface area contributed by atoms with Gasteiger partial charge in [-0.25, -0.2) is 4.79 Å². The Morgan fingerprint density at radius 1 is 1.08 bits per heavy atom. The first-order chi connectivity index (χ1) is 28.4. The number of hydrogen-bond donors (Lipinski definition) is 2. The van der Waals surface area contributed by atoms with Crippen LogP contribution >= 0.6 is 0 Å². The summed E-state index contributed by atoms with van der Waals surface area (Å²) in [6.07, 6.45) is 8.73. The van der Waals surface area contributed by atoms with Crippen molar-refractivity contribution in [1.82, 2.24) is 9.80 Å². The molecular formula is C45H62N4O10. The van der Waals surface area contributed by atoms with Crippen LogP contribution in [0, 0.1) is 27.9 Å². The molecule has 0 bridgehead atoms. The summed E-state index contributed by atoms with van der Waals surface area (Å²) in [6.45, 7) is 16.0. The Morgan fingerprint density at radius 3 is 2.44 bits per heavy atom. The van der Waals surface area contributed by atoms with Gasteiger partial charge in [-0.3, -0.25) is 19.9 Å². The van der Waals surface area contributed by atoms with Crippen LogP contribution in [-0.4, -0.2) is 107 Å². The SMILES string of the molecule is C=CCO[C@@]12Oc3ccc(OCCN4CC4)cc3[C@H]3[C@H](CCCCO)[C@@H](CCCCO)C=C(C(=NOC(C)(C)C)C[C@@H]1N(CCC)C(=O)Oc1ccc([N+](=O)[O-])cc1)[C@H]32. The normalized spacial score (nSPS) is 25.2. The van der Waals surface area contributed by atoms with Crippen LogP contribution in [0.1, 0.15) is 90.5 Å². The zero-order chi connectivity index (χ0) is 42.2. The van der Waals surface area contributed by atoms with Crippen LogP contribution in [0.3, 0.4) is 0 Å². The van der Waals surface area contributed by atoms with E-state index in [1.807, 2.05) is 39.8 Å². The molecule has 0 aromatic heterocycles. The third kappa shape index (κ3) is 10.5. The second kappa shape index (κ2) is 19.7. The third-order valence-electron chi connectivity index (χ3n) is 11.6. The van der Waals surface area contributed by atoms with Crippen LogP contribution < -0.4 is 14.2 Å². The highest BCUT2D eigenvalue weighted by Gasteiger charge is 2.65. The number of carbonyl (C=O) groups excluding carboxylic acids is 1. The molecule has 6 atom stereocenters. The van der Waals surface area contributed by atoms with Crippen molar-refractivity contribution in [3.8, 4) is 17.2 Å². The molecule has 14 nitrogen and oxygen atoms in total. The first kappa shape index (κ1) is 44.1. The molecule has 2 heterocycles. The fourth-order valence-corrected chi connectivity index (χ4v) is 8.93. The van der Waals surface area contributed by atoms with Gasteiger partial charge in [0.05, 0.1) is 23.2 Å². The summed E-state index contributed by atoms with van der Waals surface area (Å²) >= 11 is 0. The van der Waals surface area contributed by atoms with Crippen LogP contribution in [0.25, 0.3) is 0 Å². The van der Waals surface area contributed by atoms with Crippen molar-refractivity contribution < 1.29 is 43.7 Å². The number of unbranched alkanes of at least 4 members (excludes halogenated alkanes) is 2. The maximum atomic E-state index is 14.6. The lowest BCUT2D eigenvalue weighted by molar-refractivity contribution is -0.384. The fourth-order valence-electron chi connectivity index (χ4n) is 8.93. The summed E-state index contributed by atoms with van der Waals surface area (Å²) in [5.41, 5.74) is 1.87. The molecule has 2 aromatic carbocycles. The quantitative estimate of drug-likeness (QED) is 0.0418. The molecule has 2 aliphatic carbocycles. The maximum absolute atomic E-state index is 14.6. The van der Waals surface area contributed by atoms with Crippen LogP contribution in [0.15, 0.2) is 71.9 Å². The van der Waals surface area contributed by atoms with E-state index in [-0.39, 0.29) is 62.0 Å². The maximum Gasteiger partial charge on any atom is 0.415 e. The molecule has 322 valence electrons. The highest BCUT2D eigenvalue weighted by atomic mass is 16.7. The van der Waals surface area contributed by atoms with E-state index in [4.69, 9.17) is 28.9 Å². The van der Waals surface area contributed by atoms with Crippen molar-refractivity contribution in [3.05, 3.63) is 82.4 Å². The average molecular weight is 819 g/mol. The van der Waals surface area contributed by atoms with Gasteiger partial charge in [-0.1, -0.05) is 37.1 Å². The minimum atomic E-state index is -1.45. The summed E-state index contributed by atoms with van der Waals surface area (Å²) < 4.78 is 26.6. The number of benzene rings is 2. The largest absolute Gasteiger partial charge is 0.492 e. The number of nitro benzene ring substituents is 1. The van der Waals surface area contributed by atoms with Crippen LogP contribution in [-0.2, 0) is 9.57 Å². The fraction of sp³-hybridized carbons (Fsp3) is 0.600. The van der Waals surface area contributed by atoms with Crippen LogP contribution in [0.5, 0.6) is 17.2 Å². The van der Waals surface area contributed by atoms with Gasteiger partial charge in [-0.2, -0.15) is 0 Å². The van der Waals surface area contributed by atoms with E-state index in [0.717, 1.165) is 62.2 Å². The zero-order valence-corrected chi connectivity index (χ0v) is 35.1. The number of nitrogens with zero attached hydrogens (tertiary/aromatic N) is 4. The van der Waals surface area contributed by atoms with Crippen LogP contribution in [0.2, 0.25) is 0 Å². The van der Waals surface area contributed by atoms with E-state index in [1.54, 1.807) is 11.0 Å². The summed E-state index contributed by atoms with van der Waals surface area (Å²) in [7, 11) is 0. The Hall–Kier alpha value is -4.50. The lowest BCUT2D eigenvalue weighted by atomic mass is 9.55. The number of rotatable bonds is 21. The number of aliphatic hydroxyl groups is 2. The summed E-state index contributed by atoms with van der Waals surface area (Å²) in [6, 6.07) is 10.6. The molecule has 6 rings (SSSR count). The van der Waals surface area contributed by atoms with E-state index in [0.29, 0.717) is 37.3 Å². The Labute approximate surface area is 347 Å². The number of ether oxygens (including phenoxy) is 4. The van der Waals surface area contributed by atoms with Gasteiger partial charge in [0.15, 0.2) is 0 Å². The molecule has 2 N–H and O–H groups in total. The molecule has 2 fully saturated rings. The van der Waals surface area contributed by atoms with E-state index in [1.165, 1.54) is 24.3 Å². The lowest BCUT2D eigenvalue weighted by Crippen LogP contribution is -2.70. The number of aliphatic hydroxyl groups excluding tert-OH is 2. The predicted molar refractivity (Wildman–Crippen MR) is 224 cm³/mol. The molecule has 1 saturated carbocycles. The number of non-ortho nitro benzene ring substituents is 1. The number of allylic oxidation sites excluding steroid dienone is 1. The number of hydrogen-bond acceptors (Lipinski definition) is 12. The first-order valence-electron chi connectivity index (χ1n) is 21.3. The summed E-state index contributed by atoms with van der Waals surface area (Å²) in [5, 5.41) is 36.0. The van der Waals surface area contributed by atoms with Crippen molar-refractivity contribution >= 4 is 17.5 Å². The Bertz CT molecular complexity index is 1820.